The fraction of sp³-hybridized carbons (Fsp3) is 1.00. The van der Waals surface area contributed by atoms with Gasteiger partial charge in [-0.15, -0.1) is 0 Å². The first-order chi connectivity index (χ1) is 7.97. The van der Waals surface area contributed by atoms with E-state index in [1.54, 1.807) is 0 Å². The third-order valence-corrected chi connectivity index (χ3v) is 4.49. The quantitative estimate of drug-likeness (QED) is 0.715. The molecule has 0 aromatic carbocycles. The molecule has 0 aliphatic heterocycles. The van der Waals surface area contributed by atoms with Gasteiger partial charge in [0.25, 0.3) is 0 Å². The van der Waals surface area contributed by atoms with Crippen molar-refractivity contribution in [1.29, 1.82) is 0 Å². The van der Waals surface area contributed by atoms with E-state index >= 15 is 0 Å². The van der Waals surface area contributed by atoms with E-state index < -0.39 is 10.0 Å². The van der Waals surface area contributed by atoms with Crippen molar-refractivity contribution in [1.82, 2.24) is 0 Å². The van der Waals surface area contributed by atoms with Crippen molar-refractivity contribution in [2.75, 3.05) is 19.0 Å². The number of unbranched alkanes of at least 4 members (excludes halogenated alkanes) is 1. The molecule has 1 saturated carbocycles. The van der Waals surface area contributed by atoms with Gasteiger partial charge in [-0.25, -0.2) is 13.6 Å². The van der Waals surface area contributed by atoms with Gasteiger partial charge in [0.05, 0.1) is 12.4 Å². The Bertz CT molecular complexity index is 308. The Kier molecular flexibility index (Phi) is 5.89. The summed E-state index contributed by atoms with van der Waals surface area (Å²) in [6.45, 7) is 3.39. The minimum absolute atomic E-state index is 0.0755. The van der Waals surface area contributed by atoms with Crippen LogP contribution in [0.25, 0.3) is 0 Å². The van der Waals surface area contributed by atoms with Gasteiger partial charge in [-0.05, 0) is 19.3 Å². The van der Waals surface area contributed by atoms with Crippen LogP contribution >= 0.6 is 0 Å². The van der Waals surface area contributed by atoms with Crippen LogP contribution in [-0.4, -0.2) is 27.4 Å². The van der Waals surface area contributed by atoms with Gasteiger partial charge in [0, 0.05) is 12.0 Å². The normalized spacial score (nSPS) is 20.4. The smallest absolute Gasteiger partial charge is 0.209 e. The largest absolute Gasteiger partial charge is 0.381 e. The van der Waals surface area contributed by atoms with Gasteiger partial charge in [-0.1, -0.05) is 32.6 Å². The highest BCUT2D eigenvalue weighted by Gasteiger charge is 2.35. The van der Waals surface area contributed by atoms with Crippen molar-refractivity contribution >= 4 is 10.0 Å². The molecule has 0 radical (unpaired) electrons. The van der Waals surface area contributed by atoms with E-state index in [-0.39, 0.29) is 11.2 Å². The Labute approximate surface area is 105 Å². The summed E-state index contributed by atoms with van der Waals surface area (Å²) in [5.74, 6) is 0.0755. The summed E-state index contributed by atoms with van der Waals surface area (Å²) < 4.78 is 28.3. The van der Waals surface area contributed by atoms with Gasteiger partial charge in [0.15, 0.2) is 0 Å². The minimum Gasteiger partial charge on any atom is -0.381 e. The standard InChI is InChI=1S/C12H25NO3S/c1-2-3-9-16-10-12(11-17(13,14)15)7-5-4-6-8-12/h2-11H2,1H3,(H2,13,14,15). The highest BCUT2D eigenvalue weighted by molar-refractivity contribution is 7.89. The SMILES string of the molecule is CCCCOCC1(CS(N)(=O)=O)CCCCC1. The van der Waals surface area contributed by atoms with Gasteiger partial charge >= 0.3 is 0 Å². The summed E-state index contributed by atoms with van der Waals surface area (Å²) in [5.41, 5.74) is -0.223. The number of hydrogen-bond donors (Lipinski definition) is 1. The van der Waals surface area contributed by atoms with Crippen molar-refractivity contribution in [3.63, 3.8) is 0 Å². The summed E-state index contributed by atoms with van der Waals surface area (Å²) in [6.07, 6.45) is 7.36. The number of hydrogen-bond acceptors (Lipinski definition) is 3. The average molecular weight is 263 g/mol. The van der Waals surface area contributed by atoms with Gasteiger partial charge in [-0.3, -0.25) is 0 Å². The Balaban J connectivity index is 2.52. The van der Waals surface area contributed by atoms with Crippen LogP contribution in [0.3, 0.4) is 0 Å². The number of sulfonamides is 1. The molecule has 0 amide bonds. The Morgan fingerprint density at radius 1 is 1.24 bits per heavy atom. The molecule has 4 nitrogen and oxygen atoms in total. The summed E-state index contributed by atoms with van der Waals surface area (Å²) >= 11 is 0. The Morgan fingerprint density at radius 3 is 2.41 bits per heavy atom. The predicted molar refractivity (Wildman–Crippen MR) is 69.2 cm³/mol. The molecule has 2 N–H and O–H groups in total. The summed E-state index contributed by atoms with van der Waals surface area (Å²) in [4.78, 5) is 0. The highest BCUT2D eigenvalue weighted by atomic mass is 32.2. The molecule has 5 heteroatoms. The zero-order valence-electron chi connectivity index (χ0n) is 10.8. The van der Waals surface area contributed by atoms with Gasteiger partial charge in [0.2, 0.25) is 10.0 Å². The lowest BCUT2D eigenvalue weighted by atomic mass is 9.76. The summed E-state index contributed by atoms with van der Waals surface area (Å²) in [6, 6.07) is 0. The lowest BCUT2D eigenvalue weighted by molar-refractivity contribution is 0.0320. The van der Waals surface area contributed by atoms with Crippen LogP contribution in [0.5, 0.6) is 0 Å². The van der Waals surface area contributed by atoms with Crippen molar-refractivity contribution < 1.29 is 13.2 Å². The van der Waals surface area contributed by atoms with E-state index in [0.717, 1.165) is 45.1 Å². The van der Waals surface area contributed by atoms with Gasteiger partial charge in [-0.2, -0.15) is 0 Å². The molecule has 0 aromatic rings. The molecule has 1 aliphatic rings. The van der Waals surface area contributed by atoms with E-state index in [0.29, 0.717) is 6.61 Å². The molecule has 0 unspecified atom stereocenters. The van der Waals surface area contributed by atoms with E-state index in [9.17, 15) is 8.42 Å². The third-order valence-electron chi connectivity index (χ3n) is 3.47. The Hall–Kier alpha value is -0.130. The maximum atomic E-state index is 11.3. The number of rotatable bonds is 7. The maximum Gasteiger partial charge on any atom is 0.209 e. The molecule has 0 atom stereocenters. The zero-order valence-corrected chi connectivity index (χ0v) is 11.6. The number of primary sulfonamides is 1. The minimum atomic E-state index is -3.40. The molecule has 0 saturated heterocycles. The molecule has 0 aromatic heterocycles. The van der Waals surface area contributed by atoms with E-state index in [1.165, 1.54) is 6.42 Å². The number of nitrogens with two attached hydrogens (primary N) is 1. The first kappa shape index (κ1) is 14.9. The molecule has 1 rings (SSSR count). The molecule has 0 bridgehead atoms. The second-order valence-corrected chi connectivity index (χ2v) is 6.89. The van der Waals surface area contributed by atoms with Crippen molar-refractivity contribution in [3.05, 3.63) is 0 Å². The van der Waals surface area contributed by atoms with Crippen LogP contribution < -0.4 is 5.14 Å². The lowest BCUT2D eigenvalue weighted by Crippen LogP contribution is -2.39. The average Bonchev–Trinajstić information content (AvgIpc) is 2.23. The predicted octanol–water partition coefficient (Wildman–Crippen LogP) is 2.04. The highest BCUT2D eigenvalue weighted by Crippen LogP contribution is 2.37. The first-order valence-electron chi connectivity index (χ1n) is 6.56. The van der Waals surface area contributed by atoms with E-state index in [4.69, 9.17) is 9.88 Å². The van der Waals surface area contributed by atoms with Gasteiger partial charge < -0.3 is 4.74 Å². The Morgan fingerprint density at radius 2 is 1.88 bits per heavy atom. The fourth-order valence-corrected chi connectivity index (χ4v) is 3.82. The van der Waals surface area contributed by atoms with Crippen molar-refractivity contribution in [2.24, 2.45) is 10.6 Å². The molecule has 102 valence electrons. The molecular formula is C12H25NO3S. The van der Waals surface area contributed by atoms with Crippen molar-refractivity contribution in [3.8, 4) is 0 Å². The van der Waals surface area contributed by atoms with Crippen LogP contribution in [0.1, 0.15) is 51.9 Å². The summed E-state index contributed by atoms with van der Waals surface area (Å²) in [7, 11) is -3.40. The topological polar surface area (TPSA) is 69.4 Å². The molecular weight excluding hydrogens is 238 g/mol. The molecule has 0 spiro atoms. The van der Waals surface area contributed by atoms with Crippen molar-refractivity contribution in [2.45, 2.75) is 51.9 Å². The van der Waals surface area contributed by atoms with Crippen LogP contribution in [0.15, 0.2) is 0 Å². The van der Waals surface area contributed by atoms with Crippen LogP contribution in [0, 0.1) is 5.41 Å². The van der Waals surface area contributed by atoms with Crippen LogP contribution in [0.4, 0.5) is 0 Å². The lowest BCUT2D eigenvalue weighted by Gasteiger charge is -2.36. The fourth-order valence-electron chi connectivity index (χ4n) is 2.59. The monoisotopic (exact) mass is 263 g/mol. The second kappa shape index (κ2) is 6.71. The molecule has 0 heterocycles. The third kappa shape index (κ3) is 5.84. The first-order valence-corrected chi connectivity index (χ1v) is 8.27. The summed E-state index contributed by atoms with van der Waals surface area (Å²) in [5, 5.41) is 5.20. The van der Waals surface area contributed by atoms with E-state index in [1.807, 2.05) is 0 Å². The van der Waals surface area contributed by atoms with Crippen LogP contribution in [0.2, 0.25) is 0 Å². The molecule has 1 fully saturated rings. The zero-order chi connectivity index (χ0) is 12.8. The van der Waals surface area contributed by atoms with Crippen LogP contribution in [-0.2, 0) is 14.8 Å². The van der Waals surface area contributed by atoms with Gasteiger partial charge in [0.1, 0.15) is 0 Å². The molecule has 17 heavy (non-hydrogen) atoms. The second-order valence-electron chi connectivity index (χ2n) is 5.27. The number of ether oxygens (including phenoxy) is 1. The maximum absolute atomic E-state index is 11.3. The van der Waals surface area contributed by atoms with E-state index in [2.05, 4.69) is 6.92 Å². The molecule has 1 aliphatic carbocycles.